The Hall–Kier alpha value is -4.30. The molecule has 0 saturated heterocycles. The second-order valence-corrected chi connectivity index (χ2v) is 8.20. The van der Waals surface area contributed by atoms with Gasteiger partial charge in [0.05, 0.1) is 11.2 Å². The number of anilines is 1. The average molecular weight is 491 g/mol. The van der Waals surface area contributed by atoms with E-state index in [9.17, 15) is 9.59 Å². The average Bonchev–Trinajstić information content (AvgIpc) is 3.31. The van der Waals surface area contributed by atoms with Gasteiger partial charge in [0.2, 0.25) is 6.79 Å². The second-order valence-electron chi connectivity index (χ2n) is 7.79. The van der Waals surface area contributed by atoms with Crippen LogP contribution in [0.15, 0.2) is 77.5 Å². The number of hydrogen-bond donors (Lipinski definition) is 2. The third kappa shape index (κ3) is 5.99. The minimum atomic E-state index is -0.598. The van der Waals surface area contributed by atoms with Crippen molar-refractivity contribution in [2.75, 3.05) is 25.8 Å². The van der Waals surface area contributed by atoms with Crippen LogP contribution in [0.2, 0.25) is 5.02 Å². The van der Waals surface area contributed by atoms with Crippen LogP contribution >= 0.6 is 11.6 Å². The molecule has 35 heavy (non-hydrogen) atoms. The largest absolute Gasteiger partial charge is 0.454 e. The fraction of sp³-hybridized carbons (Fsp3) is 0.115. The molecule has 0 aliphatic carbocycles. The highest BCUT2D eigenvalue weighted by molar-refractivity contribution is 6.33. The van der Waals surface area contributed by atoms with Crippen LogP contribution in [-0.4, -0.2) is 38.9 Å². The van der Waals surface area contributed by atoms with E-state index in [4.69, 9.17) is 21.1 Å². The molecule has 1 aliphatic rings. The number of benzene rings is 3. The Morgan fingerprint density at radius 3 is 2.37 bits per heavy atom. The molecule has 1 heterocycles. The molecule has 0 atom stereocenters. The predicted octanol–water partition coefficient (Wildman–Crippen LogP) is 4.06. The van der Waals surface area contributed by atoms with Crippen LogP contribution in [0.5, 0.6) is 11.5 Å². The van der Waals surface area contributed by atoms with Gasteiger partial charge in [-0.05, 0) is 42.0 Å². The molecule has 8 nitrogen and oxygen atoms in total. The van der Waals surface area contributed by atoms with E-state index in [0.29, 0.717) is 27.6 Å². The van der Waals surface area contributed by atoms with E-state index in [1.165, 1.54) is 6.21 Å². The number of nitrogens with zero attached hydrogens (tertiary/aromatic N) is 2. The summed E-state index contributed by atoms with van der Waals surface area (Å²) in [5, 5.41) is 7.07. The summed E-state index contributed by atoms with van der Waals surface area (Å²) < 4.78 is 10.6. The van der Waals surface area contributed by atoms with Crippen LogP contribution in [-0.2, 0) is 4.79 Å². The lowest BCUT2D eigenvalue weighted by atomic mass is 10.1. The topological polar surface area (TPSA) is 92.3 Å². The van der Waals surface area contributed by atoms with E-state index in [1.807, 2.05) is 49.3 Å². The summed E-state index contributed by atoms with van der Waals surface area (Å²) in [7, 11) is 3.88. The first-order valence-corrected chi connectivity index (χ1v) is 11.1. The summed E-state index contributed by atoms with van der Waals surface area (Å²) >= 11 is 6.25. The van der Waals surface area contributed by atoms with Gasteiger partial charge in [-0.3, -0.25) is 9.59 Å². The van der Waals surface area contributed by atoms with Crippen molar-refractivity contribution >= 4 is 41.4 Å². The number of fused-ring (bicyclic) bond motifs is 1. The van der Waals surface area contributed by atoms with E-state index in [-0.39, 0.29) is 12.5 Å². The number of halogens is 1. The molecule has 178 valence electrons. The second kappa shape index (κ2) is 10.8. The molecule has 2 N–H and O–H groups in total. The number of nitrogens with one attached hydrogen (secondary N) is 2. The molecule has 0 radical (unpaired) electrons. The predicted molar refractivity (Wildman–Crippen MR) is 136 cm³/mol. The van der Waals surface area contributed by atoms with Crippen molar-refractivity contribution in [3.05, 3.63) is 94.1 Å². The van der Waals surface area contributed by atoms with Crippen LogP contribution in [0.3, 0.4) is 0 Å². The zero-order chi connectivity index (χ0) is 24.8. The molecule has 0 aromatic heterocycles. The number of hydrogen-bond acceptors (Lipinski definition) is 6. The number of hydrazone groups is 1. The van der Waals surface area contributed by atoms with E-state index < -0.39 is 11.8 Å². The normalized spacial score (nSPS) is 12.5. The highest BCUT2D eigenvalue weighted by atomic mass is 35.5. The summed E-state index contributed by atoms with van der Waals surface area (Å²) in [4.78, 5) is 27.6. The first-order chi connectivity index (χ1) is 16.9. The minimum Gasteiger partial charge on any atom is -0.454 e. The number of rotatable bonds is 7. The molecule has 0 spiro atoms. The molecule has 9 heteroatoms. The van der Waals surface area contributed by atoms with E-state index in [1.54, 1.807) is 42.5 Å². The lowest BCUT2D eigenvalue weighted by molar-refractivity contribution is -0.117. The molecule has 2 amide bonds. The van der Waals surface area contributed by atoms with Gasteiger partial charge in [-0.15, -0.1) is 0 Å². The molecule has 0 fully saturated rings. The molecular weight excluding hydrogens is 468 g/mol. The maximum absolute atomic E-state index is 13.0. The lowest BCUT2D eigenvalue weighted by Gasteiger charge is -2.12. The number of carbonyl (C=O) groups excluding carboxylic acids is 2. The summed E-state index contributed by atoms with van der Waals surface area (Å²) in [6, 6.07) is 19.5. The van der Waals surface area contributed by atoms with Crippen LogP contribution < -0.4 is 25.1 Å². The SMILES string of the molecule is CN(C)c1ccc(/C=C(\NC(=O)c2ccccc2)C(=O)N/N=C/c2cc3c(cc2Cl)OCO3)cc1. The monoisotopic (exact) mass is 490 g/mol. The Morgan fingerprint density at radius 2 is 1.69 bits per heavy atom. The van der Waals surface area contributed by atoms with Gasteiger partial charge in [0.15, 0.2) is 11.5 Å². The van der Waals surface area contributed by atoms with Crippen LogP contribution in [0.4, 0.5) is 5.69 Å². The van der Waals surface area contributed by atoms with Crippen molar-refractivity contribution in [2.45, 2.75) is 0 Å². The van der Waals surface area contributed by atoms with Gasteiger partial charge in [0.1, 0.15) is 5.70 Å². The highest BCUT2D eigenvalue weighted by Crippen LogP contribution is 2.36. The Labute approximate surface area is 207 Å². The quantitative estimate of drug-likeness (QED) is 0.296. The molecule has 0 saturated carbocycles. The van der Waals surface area contributed by atoms with Gasteiger partial charge < -0.3 is 19.7 Å². The fourth-order valence-electron chi connectivity index (χ4n) is 3.23. The van der Waals surface area contributed by atoms with Gasteiger partial charge in [-0.25, -0.2) is 5.43 Å². The molecule has 1 aliphatic heterocycles. The van der Waals surface area contributed by atoms with Crippen LogP contribution in [0.25, 0.3) is 6.08 Å². The van der Waals surface area contributed by atoms with Gasteiger partial charge in [-0.2, -0.15) is 5.10 Å². The maximum atomic E-state index is 13.0. The Kier molecular flexibility index (Phi) is 7.32. The van der Waals surface area contributed by atoms with Crippen molar-refractivity contribution in [1.29, 1.82) is 0 Å². The molecule has 3 aromatic carbocycles. The Bertz CT molecular complexity index is 1290. The summed E-state index contributed by atoms with van der Waals surface area (Å²) in [6.45, 7) is 0.119. The summed E-state index contributed by atoms with van der Waals surface area (Å²) in [5.74, 6) is 0.0724. The minimum absolute atomic E-state index is 0.0328. The highest BCUT2D eigenvalue weighted by Gasteiger charge is 2.17. The van der Waals surface area contributed by atoms with Crippen molar-refractivity contribution < 1.29 is 19.1 Å². The molecule has 0 bridgehead atoms. The number of amides is 2. The van der Waals surface area contributed by atoms with Gasteiger partial charge in [-0.1, -0.05) is 41.9 Å². The van der Waals surface area contributed by atoms with Gasteiger partial charge in [0.25, 0.3) is 11.8 Å². The van der Waals surface area contributed by atoms with E-state index in [2.05, 4.69) is 15.8 Å². The zero-order valence-corrected chi connectivity index (χ0v) is 19.9. The molecule has 0 unspecified atom stereocenters. The molecular formula is C26H23ClN4O4. The standard InChI is InChI=1S/C26H23ClN4O4/c1-31(2)20-10-8-17(9-11-20)12-22(29-25(32)18-6-4-3-5-7-18)26(33)30-28-15-19-13-23-24(14-21(19)27)35-16-34-23/h3-15H,16H2,1-2H3,(H,29,32)(H,30,33)/b22-12-,28-15+. The third-order valence-corrected chi connectivity index (χ3v) is 5.44. The van der Waals surface area contributed by atoms with Crippen molar-refractivity contribution in [3.8, 4) is 11.5 Å². The van der Waals surface area contributed by atoms with Crippen LogP contribution in [0, 0.1) is 0 Å². The smallest absolute Gasteiger partial charge is 0.287 e. The lowest BCUT2D eigenvalue weighted by Crippen LogP contribution is -2.32. The van der Waals surface area contributed by atoms with Crippen molar-refractivity contribution in [1.82, 2.24) is 10.7 Å². The van der Waals surface area contributed by atoms with Gasteiger partial charge in [0, 0.05) is 37.0 Å². The zero-order valence-electron chi connectivity index (χ0n) is 19.1. The summed E-state index contributed by atoms with van der Waals surface area (Å²) in [6.07, 6.45) is 2.98. The van der Waals surface area contributed by atoms with Crippen molar-refractivity contribution in [2.24, 2.45) is 5.10 Å². The fourth-order valence-corrected chi connectivity index (χ4v) is 3.43. The third-order valence-electron chi connectivity index (χ3n) is 5.11. The maximum Gasteiger partial charge on any atom is 0.287 e. The van der Waals surface area contributed by atoms with Crippen LogP contribution in [0.1, 0.15) is 21.5 Å². The summed E-state index contributed by atoms with van der Waals surface area (Å²) in [5.41, 5.74) is 5.17. The van der Waals surface area contributed by atoms with E-state index in [0.717, 1.165) is 11.3 Å². The van der Waals surface area contributed by atoms with Crippen molar-refractivity contribution in [3.63, 3.8) is 0 Å². The Morgan fingerprint density at radius 1 is 1.00 bits per heavy atom. The number of ether oxygens (including phenoxy) is 2. The van der Waals surface area contributed by atoms with E-state index >= 15 is 0 Å². The molecule has 3 aromatic rings. The molecule has 4 rings (SSSR count). The first kappa shape index (κ1) is 23.8. The Balaban J connectivity index is 1.54. The van der Waals surface area contributed by atoms with Gasteiger partial charge >= 0.3 is 0 Å². The first-order valence-electron chi connectivity index (χ1n) is 10.7. The number of carbonyl (C=O) groups is 2.